The molecule has 21 heavy (non-hydrogen) atoms. The summed E-state index contributed by atoms with van der Waals surface area (Å²) >= 11 is 9.21. The molecular weight excluding hydrogens is 360 g/mol. The molecule has 0 heterocycles. The van der Waals surface area contributed by atoms with Gasteiger partial charge in [0, 0.05) is 27.7 Å². The molecule has 0 fully saturated rings. The van der Waals surface area contributed by atoms with E-state index in [-0.39, 0.29) is 5.69 Å². The summed E-state index contributed by atoms with van der Waals surface area (Å²) in [5.74, 6) is 0.931. The van der Waals surface area contributed by atoms with Crippen molar-refractivity contribution in [2.75, 3.05) is 7.05 Å². The van der Waals surface area contributed by atoms with Gasteiger partial charge in [0.25, 0.3) is 5.69 Å². The molecule has 0 aromatic heterocycles. The molecular formula is C14H12BrClN2O3. The van der Waals surface area contributed by atoms with Gasteiger partial charge in [0.2, 0.25) is 0 Å². The summed E-state index contributed by atoms with van der Waals surface area (Å²) in [5.41, 5.74) is 0.862. The zero-order valence-corrected chi connectivity index (χ0v) is 13.4. The van der Waals surface area contributed by atoms with Crippen molar-refractivity contribution < 1.29 is 9.66 Å². The van der Waals surface area contributed by atoms with Crippen LogP contribution in [0.4, 0.5) is 5.69 Å². The van der Waals surface area contributed by atoms with Crippen molar-refractivity contribution in [3.8, 4) is 11.5 Å². The van der Waals surface area contributed by atoms with Gasteiger partial charge in [0.05, 0.1) is 11.0 Å². The summed E-state index contributed by atoms with van der Waals surface area (Å²) in [5, 5.41) is 14.4. The molecule has 0 aliphatic heterocycles. The first-order chi connectivity index (χ1) is 9.99. The lowest BCUT2D eigenvalue weighted by molar-refractivity contribution is -0.385. The maximum Gasteiger partial charge on any atom is 0.274 e. The van der Waals surface area contributed by atoms with Crippen LogP contribution >= 0.6 is 27.5 Å². The Morgan fingerprint density at radius 1 is 1.33 bits per heavy atom. The Kier molecular flexibility index (Phi) is 5.17. The summed E-state index contributed by atoms with van der Waals surface area (Å²) in [6.45, 7) is 0.600. The molecule has 0 saturated heterocycles. The summed E-state index contributed by atoms with van der Waals surface area (Å²) < 4.78 is 6.33. The molecule has 110 valence electrons. The van der Waals surface area contributed by atoms with E-state index in [0.29, 0.717) is 27.5 Å². The number of nitrogens with zero attached hydrogens (tertiary/aromatic N) is 1. The molecule has 0 radical (unpaired) electrons. The molecule has 5 nitrogen and oxygen atoms in total. The molecule has 2 aromatic rings. The molecule has 0 aliphatic rings. The van der Waals surface area contributed by atoms with Crippen molar-refractivity contribution in [1.29, 1.82) is 0 Å². The maximum absolute atomic E-state index is 10.9. The van der Waals surface area contributed by atoms with Gasteiger partial charge in [0.15, 0.2) is 0 Å². The third kappa shape index (κ3) is 4.17. The van der Waals surface area contributed by atoms with Gasteiger partial charge in [-0.2, -0.15) is 0 Å². The van der Waals surface area contributed by atoms with Gasteiger partial charge in [0.1, 0.15) is 11.5 Å². The second kappa shape index (κ2) is 6.89. The van der Waals surface area contributed by atoms with Crippen molar-refractivity contribution >= 4 is 33.2 Å². The summed E-state index contributed by atoms with van der Waals surface area (Å²) in [4.78, 5) is 10.4. The molecule has 0 amide bonds. The smallest absolute Gasteiger partial charge is 0.274 e. The predicted octanol–water partition coefficient (Wildman–Crippen LogP) is 4.52. The number of nitrogens with one attached hydrogen (secondary N) is 1. The quantitative estimate of drug-likeness (QED) is 0.620. The molecule has 2 aromatic carbocycles. The highest BCUT2D eigenvalue weighted by Gasteiger charge is 2.12. The van der Waals surface area contributed by atoms with E-state index in [4.69, 9.17) is 16.3 Å². The standard InChI is InChI=1S/C14H12BrClN2O3/c1-17-8-9-2-3-11(16)6-14(9)21-13-5-10(15)4-12(7-13)18(19)20/h2-7,17H,8H2,1H3. The minimum Gasteiger partial charge on any atom is -0.457 e. The number of nitro groups is 1. The van der Waals surface area contributed by atoms with Crippen LogP contribution in [0.5, 0.6) is 11.5 Å². The van der Waals surface area contributed by atoms with Gasteiger partial charge >= 0.3 is 0 Å². The van der Waals surface area contributed by atoms with Crippen molar-refractivity contribution in [2.24, 2.45) is 0 Å². The number of rotatable bonds is 5. The van der Waals surface area contributed by atoms with E-state index in [1.807, 2.05) is 13.1 Å². The SMILES string of the molecule is CNCc1ccc(Cl)cc1Oc1cc(Br)cc([N+](=O)[O-])c1. The van der Waals surface area contributed by atoms with Crippen LogP contribution in [-0.2, 0) is 6.54 Å². The highest BCUT2D eigenvalue weighted by atomic mass is 79.9. The fourth-order valence-electron chi connectivity index (χ4n) is 1.80. The number of non-ortho nitro benzene ring substituents is 1. The molecule has 0 unspecified atom stereocenters. The number of ether oxygens (including phenoxy) is 1. The Bertz CT molecular complexity index is 679. The van der Waals surface area contributed by atoms with Crippen LogP contribution in [0.25, 0.3) is 0 Å². The second-order valence-corrected chi connectivity index (χ2v) is 5.64. The van der Waals surface area contributed by atoms with Crippen LogP contribution in [0.1, 0.15) is 5.56 Å². The highest BCUT2D eigenvalue weighted by molar-refractivity contribution is 9.10. The van der Waals surface area contributed by atoms with Crippen LogP contribution in [0.3, 0.4) is 0 Å². The topological polar surface area (TPSA) is 64.4 Å². The van der Waals surface area contributed by atoms with E-state index in [2.05, 4.69) is 21.2 Å². The van der Waals surface area contributed by atoms with Crippen LogP contribution in [-0.4, -0.2) is 12.0 Å². The lowest BCUT2D eigenvalue weighted by atomic mass is 10.2. The van der Waals surface area contributed by atoms with E-state index in [0.717, 1.165) is 5.56 Å². The van der Waals surface area contributed by atoms with E-state index in [1.165, 1.54) is 12.1 Å². The number of hydrogen-bond donors (Lipinski definition) is 1. The molecule has 7 heteroatoms. The molecule has 0 spiro atoms. The van der Waals surface area contributed by atoms with E-state index >= 15 is 0 Å². The van der Waals surface area contributed by atoms with E-state index in [1.54, 1.807) is 18.2 Å². The molecule has 0 bridgehead atoms. The largest absolute Gasteiger partial charge is 0.457 e. The fourth-order valence-corrected chi connectivity index (χ4v) is 2.42. The number of halogens is 2. The summed E-state index contributed by atoms with van der Waals surface area (Å²) in [7, 11) is 1.82. The van der Waals surface area contributed by atoms with Gasteiger partial charge in [-0.15, -0.1) is 0 Å². The third-order valence-electron chi connectivity index (χ3n) is 2.69. The summed E-state index contributed by atoms with van der Waals surface area (Å²) in [6, 6.07) is 9.75. The Morgan fingerprint density at radius 3 is 2.76 bits per heavy atom. The molecule has 2 rings (SSSR count). The third-order valence-corrected chi connectivity index (χ3v) is 3.38. The van der Waals surface area contributed by atoms with Gasteiger partial charge < -0.3 is 10.1 Å². The average molecular weight is 372 g/mol. The minimum absolute atomic E-state index is 0.0448. The Hall–Kier alpha value is -1.63. The van der Waals surface area contributed by atoms with Crippen LogP contribution in [0.2, 0.25) is 5.02 Å². The van der Waals surface area contributed by atoms with Crippen LogP contribution < -0.4 is 10.1 Å². The fraction of sp³-hybridized carbons (Fsp3) is 0.143. The lowest BCUT2D eigenvalue weighted by Crippen LogP contribution is -2.06. The lowest BCUT2D eigenvalue weighted by Gasteiger charge is -2.11. The Labute approximate surface area is 135 Å². The first-order valence-corrected chi connectivity index (χ1v) is 7.22. The number of hydrogen-bond acceptors (Lipinski definition) is 4. The molecule has 0 saturated carbocycles. The van der Waals surface area contributed by atoms with E-state index < -0.39 is 4.92 Å². The van der Waals surface area contributed by atoms with E-state index in [9.17, 15) is 10.1 Å². The first-order valence-electron chi connectivity index (χ1n) is 6.05. The van der Waals surface area contributed by atoms with Gasteiger partial charge in [-0.1, -0.05) is 33.6 Å². The second-order valence-electron chi connectivity index (χ2n) is 4.29. The van der Waals surface area contributed by atoms with Crippen molar-refractivity contribution in [2.45, 2.75) is 6.54 Å². The monoisotopic (exact) mass is 370 g/mol. The number of nitro benzene ring substituents is 1. The number of benzene rings is 2. The van der Waals surface area contributed by atoms with Gasteiger partial charge in [-0.05, 0) is 25.2 Å². The zero-order chi connectivity index (χ0) is 15.4. The average Bonchev–Trinajstić information content (AvgIpc) is 2.41. The van der Waals surface area contributed by atoms with Gasteiger partial charge in [-0.3, -0.25) is 10.1 Å². The van der Waals surface area contributed by atoms with Crippen LogP contribution in [0, 0.1) is 10.1 Å². The molecule has 0 aliphatic carbocycles. The Morgan fingerprint density at radius 2 is 2.10 bits per heavy atom. The first kappa shape index (κ1) is 15.8. The van der Waals surface area contributed by atoms with Crippen molar-refractivity contribution in [3.63, 3.8) is 0 Å². The molecule has 1 N–H and O–H groups in total. The summed E-state index contributed by atoms with van der Waals surface area (Å²) in [6.07, 6.45) is 0. The van der Waals surface area contributed by atoms with Crippen molar-refractivity contribution in [3.05, 3.63) is 61.6 Å². The minimum atomic E-state index is -0.468. The normalized spacial score (nSPS) is 10.4. The predicted molar refractivity (Wildman–Crippen MR) is 85.1 cm³/mol. The zero-order valence-electron chi connectivity index (χ0n) is 11.1. The Balaban J connectivity index is 2.37. The van der Waals surface area contributed by atoms with Crippen molar-refractivity contribution in [1.82, 2.24) is 5.32 Å². The van der Waals surface area contributed by atoms with Crippen LogP contribution in [0.15, 0.2) is 40.9 Å². The molecule has 0 atom stereocenters. The highest BCUT2D eigenvalue weighted by Crippen LogP contribution is 2.32. The maximum atomic E-state index is 10.9. The van der Waals surface area contributed by atoms with Gasteiger partial charge in [-0.25, -0.2) is 0 Å².